The van der Waals surface area contributed by atoms with Gasteiger partial charge in [0, 0.05) is 19.6 Å². The van der Waals surface area contributed by atoms with E-state index in [9.17, 15) is 0 Å². The van der Waals surface area contributed by atoms with Crippen molar-refractivity contribution < 1.29 is 0 Å². The quantitative estimate of drug-likeness (QED) is 0.869. The standard InChI is InChI=1S/C14H23N3/c1-4-15-12-6-5-7-13(16-12)17-10-8-14(2,3)9-11-17/h5-7H,4,8-11H2,1-3H3,(H,15,16). The summed E-state index contributed by atoms with van der Waals surface area (Å²) >= 11 is 0. The Balaban J connectivity index is 2.05. The van der Waals surface area contributed by atoms with E-state index in [2.05, 4.69) is 48.1 Å². The Morgan fingerprint density at radius 2 is 2.00 bits per heavy atom. The van der Waals surface area contributed by atoms with Crippen molar-refractivity contribution >= 4 is 11.6 Å². The van der Waals surface area contributed by atoms with Crippen molar-refractivity contribution in [2.24, 2.45) is 5.41 Å². The van der Waals surface area contributed by atoms with Gasteiger partial charge in [-0.05, 0) is 37.3 Å². The van der Waals surface area contributed by atoms with Crippen molar-refractivity contribution in [2.75, 3.05) is 29.9 Å². The van der Waals surface area contributed by atoms with E-state index in [-0.39, 0.29) is 0 Å². The van der Waals surface area contributed by atoms with E-state index in [1.807, 2.05) is 6.07 Å². The smallest absolute Gasteiger partial charge is 0.130 e. The molecule has 0 aliphatic carbocycles. The molecule has 0 amide bonds. The molecule has 1 aromatic heterocycles. The van der Waals surface area contributed by atoms with Gasteiger partial charge in [-0.25, -0.2) is 4.98 Å². The number of aromatic nitrogens is 1. The number of pyridine rings is 1. The molecule has 1 aliphatic heterocycles. The molecule has 2 heterocycles. The van der Waals surface area contributed by atoms with Crippen LogP contribution in [-0.4, -0.2) is 24.6 Å². The first-order valence-corrected chi connectivity index (χ1v) is 6.57. The fourth-order valence-electron chi connectivity index (χ4n) is 2.22. The molecule has 0 radical (unpaired) electrons. The highest BCUT2D eigenvalue weighted by Gasteiger charge is 2.25. The number of hydrogen-bond acceptors (Lipinski definition) is 3. The molecular formula is C14H23N3. The number of piperidine rings is 1. The first-order valence-electron chi connectivity index (χ1n) is 6.57. The summed E-state index contributed by atoms with van der Waals surface area (Å²) in [6.07, 6.45) is 2.50. The summed E-state index contributed by atoms with van der Waals surface area (Å²) in [6, 6.07) is 6.22. The normalized spacial score (nSPS) is 19.1. The maximum atomic E-state index is 4.65. The van der Waals surface area contributed by atoms with Gasteiger partial charge in [-0.3, -0.25) is 0 Å². The molecule has 3 heteroatoms. The van der Waals surface area contributed by atoms with Crippen LogP contribution < -0.4 is 10.2 Å². The van der Waals surface area contributed by atoms with Gasteiger partial charge in [0.1, 0.15) is 11.6 Å². The molecule has 2 rings (SSSR count). The second-order valence-electron chi connectivity index (χ2n) is 5.56. The van der Waals surface area contributed by atoms with E-state index in [1.165, 1.54) is 12.8 Å². The van der Waals surface area contributed by atoms with Crippen molar-refractivity contribution in [3.05, 3.63) is 18.2 Å². The van der Waals surface area contributed by atoms with Gasteiger partial charge in [0.15, 0.2) is 0 Å². The summed E-state index contributed by atoms with van der Waals surface area (Å²) < 4.78 is 0. The van der Waals surface area contributed by atoms with Crippen LogP contribution in [0.3, 0.4) is 0 Å². The maximum absolute atomic E-state index is 4.65. The molecule has 17 heavy (non-hydrogen) atoms. The Bertz CT molecular complexity index is 363. The largest absolute Gasteiger partial charge is 0.370 e. The van der Waals surface area contributed by atoms with Gasteiger partial charge in [0.2, 0.25) is 0 Å². The zero-order valence-corrected chi connectivity index (χ0v) is 11.2. The summed E-state index contributed by atoms with van der Waals surface area (Å²) in [7, 11) is 0. The Hall–Kier alpha value is -1.25. The summed E-state index contributed by atoms with van der Waals surface area (Å²) in [5.74, 6) is 2.09. The Labute approximate surface area is 104 Å². The number of nitrogens with zero attached hydrogens (tertiary/aromatic N) is 2. The molecule has 0 aromatic carbocycles. The van der Waals surface area contributed by atoms with Crippen molar-refractivity contribution in [3.63, 3.8) is 0 Å². The van der Waals surface area contributed by atoms with Gasteiger partial charge in [-0.2, -0.15) is 0 Å². The van der Waals surface area contributed by atoms with Gasteiger partial charge in [0.25, 0.3) is 0 Å². The Morgan fingerprint density at radius 1 is 1.29 bits per heavy atom. The topological polar surface area (TPSA) is 28.2 Å². The molecule has 0 saturated carbocycles. The number of nitrogens with one attached hydrogen (secondary N) is 1. The van der Waals surface area contributed by atoms with Crippen LogP contribution in [0.5, 0.6) is 0 Å². The third kappa shape index (κ3) is 3.11. The lowest BCUT2D eigenvalue weighted by molar-refractivity contribution is 0.279. The van der Waals surface area contributed by atoms with Crippen LogP contribution in [0.4, 0.5) is 11.6 Å². The molecule has 0 atom stereocenters. The fraction of sp³-hybridized carbons (Fsp3) is 0.643. The van der Waals surface area contributed by atoms with Crippen molar-refractivity contribution in [3.8, 4) is 0 Å². The molecule has 1 fully saturated rings. The van der Waals surface area contributed by atoms with Crippen LogP contribution in [0.2, 0.25) is 0 Å². The van der Waals surface area contributed by atoms with E-state index < -0.39 is 0 Å². The molecule has 1 N–H and O–H groups in total. The summed E-state index contributed by atoms with van der Waals surface area (Å²) in [4.78, 5) is 7.04. The number of rotatable bonds is 3. The second-order valence-corrected chi connectivity index (χ2v) is 5.56. The molecule has 0 unspecified atom stereocenters. The van der Waals surface area contributed by atoms with Crippen LogP contribution in [0.25, 0.3) is 0 Å². The van der Waals surface area contributed by atoms with Crippen molar-refractivity contribution in [1.82, 2.24) is 4.98 Å². The van der Waals surface area contributed by atoms with E-state index >= 15 is 0 Å². The lowest BCUT2D eigenvalue weighted by Gasteiger charge is -2.37. The number of anilines is 2. The molecular weight excluding hydrogens is 210 g/mol. The lowest BCUT2D eigenvalue weighted by Crippen LogP contribution is -2.37. The van der Waals surface area contributed by atoms with Crippen LogP contribution >= 0.6 is 0 Å². The molecule has 0 spiro atoms. The molecule has 3 nitrogen and oxygen atoms in total. The zero-order valence-electron chi connectivity index (χ0n) is 11.2. The first-order chi connectivity index (χ1) is 8.11. The Kier molecular flexibility index (Phi) is 3.55. The molecule has 1 saturated heterocycles. The van der Waals surface area contributed by atoms with E-state index in [0.717, 1.165) is 31.3 Å². The SMILES string of the molecule is CCNc1cccc(N2CCC(C)(C)CC2)n1. The Morgan fingerprint density at radius 3 is 2.65 bits per heavy atom. The molecule has 0 bridgehead atoms. The summed E-state index contributed by atoms with van der Waals surface area (Å²) in [5, 5.41) is 3.27. The molecule has 94 valence electrons. The van der Waals surface area contributed by atoms with Crippen LogP contribution in [0.1, 0.15) is 33.6 Å². The van der Waals surface area contributed by atoms with E-state index in [0.29, 0.717) is 5.41 Å². The number of hydrogen-bond donors (Lipinski definition) is 1. The minimum Gasteiger partial charge on any atom is -0.370 e. The van der Waals surface area contributed by atoms with Gasteiger partial charge in [0.05, 0.1) is 0 Å². The fourth-order valence-corrected chi connectivity index (χ4v) is 2.22. The van der Waals surface area contributed by atoms with Crippen LogP contribution in [-0.2, 0) is 0 Å². The van der Waals surface area contributed by atoms with Gasteiger partial charge in [-0.1, -0.05) is 19.9 Å². The average molecular weight is 233 g/mol. The summed E-state index contributed by atoms with van der Waals surface area (Å²) in [5.41, 5.74) is 0.496. The molecule has 1 aliphatic rings. The minimum absolute atomic E-state index is 0.496. The minimum atomic E-state index is 0.496. The molecule has 1 aromatic rings. The van der Waals surface area contributed by atoms with Gasteiger partial charge >= 0.3 is 0 Å². The summed E-state index contributed by atoms with van der Waals surface area (Å²) in [6.45, 7) is 9.96. The van der Waals surface area contributed by atoms with Gasteiger partial charge in [-0.15, -0.1) is 0 Å². The zero-order chi connectivity index (χ0) is 12.3. The third-order valence-corrected chi connectivity index (χ3v) is 3.53. The highest BCUT2D eigenvalue weighted by Crippen LogP contribution is 2.31. The average Bonchev–Trinajstić information content (AvgIpc) is 2.30. The first kappa shape index (κ1) is 12.2. The maximum Gasteiger partial charge on any atom is 0.130 e. The van der Waals surface area contributed by atoms with E-state index in [1.54, 1.807) is 0 Å². The predicted octanol–water partition coefficient (Wildman–Crippen LogP) is 3.14. The van der Waals surface area contributed by atoms with E-state index in [4.69, 9.17) is 0 Å². The predicted molar refractivity (Wildman–Crippen MR) is 73.6 cm³/mol. The monoisotopic (exact) mass is 233 g/mol. The van der Waals surface area contributed by atoms with Crippen molar-refractivity contribution in [1.29, 1.82) is 0 Å². The van der Waals surface area contributed by atoms with Crippen molar-refractivity contribution in [2.45, 2.75) is 33.6 Å². The highest BCUT2D eigenvalue weighted by molar-refractivity contribution is 5.47. The second kappa shape index (κ2) is 4.94. The van der Waals surface area contributed by atoms with Gasteiger partial charge < -0.3 is 10.2 Å². The lowest BCUT2D eigenvalue weighted by atomic mass is 9.83. The van der Waals surface area contributed by atoms with Crippen LogP contribution in [0.15, 0.2) is 18.2 Å². The highest BCUT2D eigenvalue weighted by atomic mass is 15.2. The van der Waals surface area contributed by atoms with Crippen LogP contribution in [0, 0.1) is 5.41 Å². The third-order valence-electron chi connectivity index (χ3n) is 3.53.